The van der Waals surface area contributed by atoms with E-state index >= 15 is 0 Å². The van der Waals surface area contributed by atoms with Crippen LogP contribution in [-0.2, 0) is 9.59 Å². The van der Waals surface area contributed by atoms with Crippen molar-refractivity contribution in [3.05, 3.63) is 29.3 Å². The number of carbonyl (C=O) groups is 3. The fourth-order valence-electron chi connectivity index (χ4n) is 2.30. The zero-order valence-electron chi connectivity index (χ0n) is 14.1. The molecule has 0 saturated carbocycles. The quantitative estimate of drug-likeness (QED) is 0.263. The summed E-state index contributed by atoms with van der Waals surface area (Å²) < 4.78 is 30.2. The zero-order valence-corrected chi connectivity index (χ0v) is 18.4. The van der Waals surface area contributed by atoms with Gasteiger partial charge in [-0.25, -0.2) is 13.6 Å². The summed E-state index contributed by atoms with van der Waals surface area (Å²) in [6, 6.07) is 0.211. The van der Waals surface area contributed by atoms with Crippen LogP contribution < -0.4 is 10.2 Å². The molecule has 150 valence electrons. The highest BCUT2D eigenvalue weighted by Gasteiger charge is 2.24. The van der Waals surface area contributed by atoms with Crippen LogP contribution in [0.5, 0.6) is 0 Å². The second kappa shape index (κ2) is 11.6. The minimum Gasteiger partial charge on any atom is -0.481 e. The van der Waals surface area contributed by atoms with Gasteiger partial charge in [0.2, 0.25) is 0 Å². The average Bonchev–Trinajstić information content (AvgIpc) is 2.57. The van der Waals surface area contributed by atoms with Crippen molar-refractivity contribution in [2.75, 3.05) is 26.8 Å². The molecule has 11 heteroatoms. The number of anilines is 1. The molecule has 0 fully saturated rings. The van der Waals surface area contributed by atoms with Gasteiger partial charge in [0.15, 0.2) is 0 Å². The van der Waals surface area contributed by atoms with Crippen LogP contribution in [0.25, 0.3) is 0 Å². The topological polar surface area (TPSA) is 107 Å². The molecular weight excluding hydrogens is 592 g/mol. The number of alkyl halides is 2. The first-order valence-corrected chi connectivity index (χ1v) is 10.9. The molecular formula is C16H18F2I2N2O5. The monoisotopic (exact) mass is 610 g/mol. The van der Waals surface area contributed by atoms with Gasteiger partial charge in [0.25, 0.3) is 5.91 Å². The molecule has 7 nitrogen and oxygen atoms in total. The second-order valence-electron chi connectivity index (χ2n) is 5.45. The van der Waals surface area contributed by atoms with E-state index in [1.807, 2.05) is 0 Å². The number of nitrogens with zero attached hydrogens (tertiary/aromatic N) is 1. The van der Waals surface area contributed by atoms with E-state index in [4.69, 9.17) is 10.2 Å². The minimum absolute atomic E-state index is 0.236. The van der Waals surface area contributed by atoms with E-state index in [-0.39, 0.29) is 17.7 Å². The molecule has 0 saturated heterocycles. The maximum absolute atomic E-state index is 14.5. The maximum Gasteiger partial charge on any atom is 0.326 e. The molecule has 1 rings (SSSR count). The van der Waals surface area contributed by atoms with Gasteiger partial charge in [-0.05, 0) is 18.6 Å². The van der Waals surface area contributed by atoms with Crippen LogP contribution in [0.2, 0.25) is 0 Å². The highest BCUT2D eigenvalue weighted by Crippen LogP contribution is 2.25. The Morgan fingerprint density at radius 3 is 2.00 bits per heavy atom. The molecule has 0 bridgehead atoms. The van der Waals surface area contributed by atoms with Crippen molar-refractivity contribution in [1.82, 2.24) is 5.32 Å². The van der Waals surface area contributed by atoms with Gasteiger partial charge in [0.05, 0.1) is 0 Å². The summed E-state index contributed by atoms with van der Waals surface area (Å²) in [5.74, 6) is -5.49. The summed E-state index contributed by atoms with van der Waals surface area (Å²) in [6.07, 6.45) is -0.820. The Labute approximate surface area is 181 Å². The molecule has 1 amide bonds. The Bertz CT molecular complexity index is 676. The molecule has 0 aromatic heterocycles. The highest BCUT2D eigenvalue weighted by atomic mass is 127. The van der Waals surface area contributed by atoms with Crippen molar-refractivity contribution in [2.24, 2.45) is 0 Å². The predicted octanol–water partition coefficient (Wildman–Crippen LogP) is 2.69. The third-order valence-electron chi connectivity index (χ3n) is 3.55. The van der Waals surface area contributed by atoms with Gasteiger partial charge in [-0.2, -0.15) is 0 Å². The first-order chi connectivity index (χ1) is 12.7. The molecule has 1 aromatic rings. The van der Waals surface area contributed by atoms with Crippen LogP contribution in [0.15, 0.2) is 12.1 Å². The van der Waals surface area contributed by atoms with E-state index < -0.39 is 41.9 Å². The summed E-state index contributed by atoms with van der Waals surface area (Å²) >= 11 is 4.18. The number of rotatable bonds is 11. The molecule has 0 spiro atoms. The first kappa shape index (κ1) is 23.8. The van der Waals surface area contributed by atoms with E-state index in [1.165, 1.54) is 4.90 Å². The Balaban J connectivity index is 3.04. The fraction of sp³-hybridized carbons (Fsp3) is 0.438. The lowest BCUT2D eigenvalue weighted by molar-refractivity contribution is -0.140. The van der Waals surface area contributed by atoms with Crippen molar-refractivity contribution in [3.63, 3.8) is 0 Å². The van der Waals surface area contributed by atoms with Crippen LogP contribution >= 0.6 is 45.2 Å². The normalized spacial score (nSPS) is 11.7. The summed E-state index contributed by atoms with van der Waals surface area (Å²) in [6.45, 7) is 0.860. The van der Waals surface area contributed by atoms with Crippen LogP contribution in [0.1, 0.15) is 23.2 Å². The average molecular weight is 610 g/mol. The Kier molecular flexibility index (Phi) is 10.2. The largest absolute Gasteiger partial charge is 0.481 e. The van der Waals surface area contributed by atoms with Crippen LogP contribution in [-0.4, -0.2) is 56.0 Å². The standard InChI is InChI=1S/C16H18F2I2N2O5/c17-10-7-9(8-11(18)14(10)22(5-3-19)6-4-20)15(25)21-12(16(26)27)1-2-13(23)24/h7-8,12H,1-6H2,(H,21,25)(H,23,24)(H,26,27)/t12-/m0/s1. The molecule has 27 heavy (non-hydrogen) atoms. The van der Waals surface area contributed by atoms with E-state index in [1.54, 1.807) is 0 Å². The van der Waals surface area contributed by atoms with E-state index in [2.05, 4.69) is 50.5 Å². The molecule has 3 N–H and O–H groups in total. The van der Waals surface area contributed by atoms with Crippen LogP contribution in [0, 0.1) is 11.6 Å². The predicted molar refractivity (Wildman–Crippen MR) is 112 cm³/mol. The van der Waals surface area contributed by atoms with Gasteiger partial charge in [-0.15, -0.1) is 0 Å². The van der Waals surface area contributed by atoms with E-state index in [0.29, 0.717) is 21.9 Å². The number of halogens is 4. The van der Waals surface area contributed by atoms with Gasteiger partial charge in [-0.1, -0.05) is 45.2 Å². The molecule has 1 aromatic carbocycles. The van der Waals surface area contributed by atoms with Gasteiger partial charge in [0, 0.05) is 33.9 Å². The lowest BCUT2D eigenvalue weighted by Crippen LogP contribution is -2.41. The van der Waals surface area contributed by atoms with E-state index in [0.717, 1.165) is 12.1 Å². The maximum atomic E-state index is 14.5. The number of aliphatic carboxylic acids is 2. The number of carboxylic acids is 2. The fourth-order valence-corrected chi connectivity index (χ4v) is 3.47. The molecule has 0 heterocycles. The number of benzene rings is 1. The number of nitrogens with one attached hydrogen (secondary N) is 1. The van der Waals surface area contributed by atoms with Crippen molar-refractivity contribution in [2.45, 2.75) is 18.9 Å². The molecule has 0 aliphatic rings. The Morgan fingerprint density at radius 1 is 1.07 bits per heavy atom. The SMILES string of the molecule is O=C(O)CC[C@H](NC(=O)c1cc(F)c(N(CCI)CCI)c(F)c1)C(=O)O. The number of carboxylic acid groups (broad SMARTS) is 2. The summed E-state index contributed by atoms with van der Waals surface area (Å²) in [4.78, 5) is 35.4. The Hall–Kier alpha value is -1.25. The van der Waals surface area contributed by atoms with E-state index in [9.17, 15) is 23.2 Å². The molecule has 0 radical (unpaired) electrons. The van der Waals surface area contributed by atoms with Crippen LogP contribution in [0.3, 0.4) is 0 Å². The molecule has 0 unspecified atom stereocenters. The third kappa shape index (κ3) is 7.35. The third-order valence-corrected chi connectivity index (χ3v) is 4.52. The first-order valence-electron chi connectivity index (χ1n) is 7.82. The summed E-state index contributed by atoms with van der Waals surface area (Å²) in [5.41, 5.74) is -0.611. The van der Waals surface area contributed by atoms with Crippen LogP contribution in [0.4, 0.5) is 14.5 Å². The summed E-state index contributed by atoms with van der Waals surface area (Å²) in [5, 5.41) is 19.8. The molecule has 0 aliphatic carbocycles. The van der Waals surface area contributed by atoms with Crippen molar-refractivity contribution in [3.8, 4) is 0 Å². The number of amides is 1. The Morgan fingerprint density at radius 2 is 1.59 bits per heavy atom. The van der Waals surface area contributed by atoms with Crippen molar-refractivity contribution < 1.29 is 33.4 Å². The number of hydrogen-bond donors (Lipinski definition) is 3. The van der Waals surface area contributed by atoms with Gasteiger partial charge < -0.3 is 20.4 Å². The number of hydrogen-bond acceptors (Lipinski definition) is 4. The lowest BCUT2D eigenvalue weighted by atomic mass is 10.1. The van der Waals surface area contributed by atoms with Gasteiger partial charge in [-0.3, -0.25) is 9.59 Å². The van der Waals surface area contributed by atoms with Crippen molar-refractivity contribution >= 4 is 68.7 Å². The molecule has 1 atom stereocenters. The smallest absolute Gasteiger partial charge is 0.326 e. The minimum atomic E-state index is -1.48. The molecule has 0 aliphatic heterocycles. The lowest BCUT2D eigenvalue weighted by Gasteiger charge is -2.24. The second-order valence-corrected chi connectivity index (χ2v) is 7.61. The van der Waals surface area contributed by atoms with Gasteiger partial charge in [0.1, 0.15) is 23.4 Å². The van der Waals surface area contributed by atoms with Crippen molar-refractivity contribution in [1.29, 1.82) is 0 Å². The highest BCUT2D eigenvalue weighted by molar-refractivity contribution is 14.1. The number of carbonyl (C=O) groups excluding carboxylic acids is 1. The zero-order chi connectivity index (χ0) is 20.6. The van der Waals surface area contributed by atoms with Gasteiger partial charge >= 0.3 is 11.9 Å². The summed E-state index contributed by atoms with van der Waals surface area (Å²) in [7, 11) is 0.